The number of carbonyl (C=O) groups is 2. The van der Waals surface area contributed by atoms with Crippen molar-refractivity contribution >= 4 is 80.6 Å². The number of aliphatic hydroxyl groups is 1. The van der Waals surface area contributed by atoms with E-state index in [9.17, 15) is 18.4 Å². The van der Waals surface area contributed by atoms with E-state index in [2.05, 4.69) is 10.6 Å². The van der Waals surface area contributed by atoms with Crippen LogP contribution in [0.2, 0.25) is 0 Å². The topological polar surface area (TPSA) is 161 Å². The summed E-state index contributed by atoms with van der Waals surface area (Å²) in [5, 5.41) is 21.4. The first kappa shape index (κ1) is 48.4. The summed E-state index contributed by atoms with van der Waals surface area (Å²) >= 11 is 11.4. The second-order valence-electron chi connectivity index (χ2n) is 11.4. The molecule has 4 aliphatic rings. The number of hydrogen-bond acceptors (Lipinski definition) is 14. The number of carbonyl (C=O) groups excluding carboxylic acids is 2. The maximum atomic E-state index is 14.5. The molecular weight excluding hydrogens is 794 g/mol. The predicted molar refractivity (Wildman–Crippen MR) is 210 cm³/mol. The smallest absolute Gasteiger partial charge is 0.857 e. The van der Waals surface area contributed by atoms with Crippen LogP contribution >= 0.6 is 36.2 Å². The summed E-state index contributed by atoms with van der Waals surface area (Å²) < 4.78 is 55.7. The van der Waals surface area contributed by atoms with Gasteiger partial charge in [-0.05, 0) is 54.9 Å². The summed E-state index contributed by atoms with van der Waals surface area (Å²) in [5.74, 6) is -0.716. The maximum Gasteiger partial charge on any atom is 1.00 e. The molecule has 2 amide bonds. The van der Waals surface area contributed by atoms with Gasteiger partial charge in [0, 0.05) is 33.3 Å². The number of thiocarbonyl (C=S) groups is 2. The van der Waals surface area contributed by atoms with Crippen molar-refractivity contribution in [3.63, 3.8) is 0 Å². The average Bonchev–Trinajstić information content (AvgIpc) is 3.79. The minimum atomic E-state index is -0.506. The number of thioether (sulfide) groups is 1. The van der Waals surface area contributed by atoms with Gasteiger partial charge in [-0.1, -0.05) is 12.2 Å². The number of benzene rings is 2. The number of aliphatic hydroxyl groups excluding tert-OH is 1. The number of morpholine rings is 2. The zero-order valence-corrected chi connectivity index (χ0v) is 36.0. The molecule has 4 fully saturated rings. The third kappa shape index (κ3) is 14.3. The molecule has 15 nitrogen and oxygen atoms in total. The van der Waals surface area contributed by atoms with Crippen molar-refractivity contribution in [1.82, 2.24) is 10.6 Å². The minimum Gasteiger partial charge on any atom is -0.857 e. The minimum absolute atomic E-state index is 0. The predicted octanol–water partition coefficient (Wildman–Crippen LogP) is -0.678. The summed E-state index contributed by atoms with van der Waals surface area (Å²) in [6.45, 7) is 6.40. The van der Waals surface area contributed by atoms with Crippen LogP contribution < -0.4 is 64.9 Å². The van der Waals surface area contributed by atoms with Crippen molar-refractivity contribution in [3.05, 3.63) is 48.0 Å². The fourth-order valence-corrected chi connectivity index (χ4v) is 6.06. The van der Waals surface area contributed by atoms with Gasteiger partial charge in [0.1, 0.15) is 28.2 Å². The first-order chi connectivity index (χ1) is 26.2. The number of ether oxygens (including phenoxy) is 5. The Morgan fingerprint density at radius 1 is 0.818 bits per heavy atom. The largest absolute Gasteiger partial charge is 1.00 e. The molecule has 55 heavy (non-hydrogen) atoms. The van der Waals surface area contributed by atoms with Gasteiger partial charge >= 0.3 is 41.7 Å². The maximum absolute atomic E-state index is 14.5. The second kappa shape index (κ2) is 25.5. The molecule has 0 aromatic heterocycles. The average molecular weight is 841 g/mol. The molecule has 2 aromatic carbocycles. The van der Waals surface area contributed by atoms with E-state index >= 15 is 0 Å². The van der Waals surface area contributed by atoms with Crippen LogP contribution in [0.15, 0.2) is 36.4 Å². The Morgan fingerprint density at radius 2 is 1.22 bits per heavy atom. The molecule has 6 rings (SSSR count). The Morgan fingerprint density at radius 3 is 1.58 bits per heavy atom. The summed E-state index contributed by atoms with van der Waals surface area (Å²) in [6.07, 6.45) is 0.192. The molecule has 4 heterocycles. The molecule has 21 heteroatoms. The third-order valence-electron chi connectivity index (χ3n) is 8.26. The zero-order valence-electron chi connectivity index (χ0n) is 31.6. The molecule has 0 unspecified atom stereocenters. The van der Waals surface area contributed by atoms with Gasteiger partial charge in [-0.3, -0.25) is 9.80 Å². The van der Waals surface area contributed by atoms with Gasteiger partial charge in [0.15, 0.2) is 0 Å². The SMILES string of the molecule is CO.COC(=S)NC[C@H]1CN(c2ccc(N3CCOCC3)c(F)c2)C(=O)O1.CSC(=S)NC[C@H]1CN(c2ccc(N3CCOCC3)c(F)c2)C(=O)O1.C[O-].[Na+]. The Hall–Kier alpha value is -2.79. The van der Waals surface area contributed by atoms with Crippen LogP contribution in [0.4, 0.5) is 41.1 Å². The number of cyclic esters (lactones) is 2. The fraction of sp³-hybridized carbons (Fsp3) is 0.529. The number of amides is 2. The summed E-state index contributed by atoms with van der Waals surface area (Å²) in [7, 11) is 3.21. The standard InChI is InChI=1S/C16H20FN3O4S.C16H20FN3O3S2.CH4O.CH3O.Na/c1-22-15(25)18-9-12-10-20(16(21)24-12)11-2-3-14(13(17)8-11)19-4-6-23-7-5-19;1-25-15(24)18-9-12-10-20(16(21)23-12)11-2-3-14(13(17)8-11)19-4-6-22-7-5-19;2*1-2;/h2-3,8,12H,4-7,9-10H2,1H3,(H,18,25);2-3,8,12H,4-7,9-10H2,1H3,(H,18,24);2H,1H3;1H3;/q;;;-1;+1/t2*12-;;;/m00.../s1. The summed E-state index contributed by atoms with van der Waals surface area (Å²) in [4.78, 5) is 30.9. The third-order valence-corrected chi connectivity index (χ3v) is 9.73. The molecule has 0 radical (unpaired) electrons. The van der Waals surface area contributed by atoms with Crippen molar-refractivity contribution in [2.45, 2.75) is 12.2 Å². The van der Waals surface area contributed by atoms with Gasteiger partial charge in [-0.2, -0.15) is 7.11 Å². The van der Waals surface area contributed by atoms with Crippen molar-refractivity contribution in [2.75, 3.05) is 126 Å². The Bertz CT molecular complexity index is 1440. The van der Waals surface area contributed by atoms with Gasteiger partial charge in [-0.15, -0.1) is 11.8 Å². The van der Waals surface area contributed by atoms with Crippen molar-refractivity contribution in [3.8, 4) is 0 Å². The van der Waals surface area contributed by atoms with E-state index in [1.54, 1.807) is 24.3 Å². The quantitative estimate of drug-likeness (QED) is 0.227. The number of methoxy groups -OCH3 is 1. The Labute approximate surface area is 357 Å². The molecule has 2 atom stereocenters. The molecule has 0 bridgehead atoms. The van der Waals surface area contributed by atoms with Crippen LogP contribution in [-0.2, 0) is 23.7 Å². The molecule has 3 N–H and O–H groups in total. The van der Waals surface area contributed by atoms with E-state index in [4.69, 9.17) is 58.3 Å². The first-order valence-corrected chi connectivity index (χ1v) is 18.9. The molecule has 2 aromatic rings. The molecule has 0 spiro atoms. The van der Waals surface area contributed by atoms with Crippen LogP contribution in [0, 0.1) is 11.6 Å². The number of hydrogen-bond donors (Lipinski definition) is 3. The van der Waals surface area contributed by atoms with Gasteiger partial charge in [0.2, 0.25) is 0 Å². The number of halogens is 2. The molecule has 4 saturated heterocycles. The monoisotopic (exact) mass is 840 g/mol. The van der Waals surface area contributed by atoms with Crippen molar-refractivity contribution in [1.29, 1.82) is 0 Å². The second-order valence-corrected chi connectivity index (χ2v) is 13.3. The van der Waals surface area contributed by atoms with Crippen LogP contribution in [0.3, 0.4) is 0 Å². The molecule has 0 saturated carbocycles. The molecule has 300 valence electrons. The van der Waals surface area contributed by atoms with E-state index in [-0.39, 0.29) is 58.6 Å². The van der Waals surface area contributed by atoms with E-state index < -0.39 is 12.2 Å². The van der Waals surface area contributed by atoms with Crippen molar-refractivity contribution in [2.24, 2.45) is 0 Å². The normalized spacial score (nSPS) is 18.8. The van der Waals surface area contributed by atoms with Gasteiger partial charge < -0.3 is 54.3 Å². The van der Waals surface area contributed by atoms with Crippen LogP contribution in [0.25, 0.3) is 0 Å². The van der Waals surface area contributed by atoms with Gasteiger partial charge in [-0.25, -0.2) is 18.4 Å². The van der Waals surface area contributed by atoms with Crippen LogP contribution in [0.5, 0.6) is 0 Å². The van der Waals surface area contributed by atoms with Gasteiger partial charge in [0.05, 0.1) is 82.5 Å². The van der Waals surface area contributed by atoms with E-state index in [0.717, 1.165) is 14.2 Å². The molecule has 4 aliphatic heterocycles. The Balaban J connectivity index is 0.000000343. The number of rotatable bonds is 8. The fourth-order valence-electron chi connectivity index (χ4n) is 5.66. The number of nitrogens with zero attached hydrogens (tertiary/aromatic N) is 4. The number of anilines is 4. The van der Waals surface area contributed by atoms with Crippen molar-refractivity contribution < 1.29 is 81.8 Å². The summed E-state index contributed by atoms with van der Waals surface area (Å²) in [5.41, 5.74) is 2.01. The first-order valence-electron chi connectivity index (χ1n) is 16.9. The van der Waals surface area contributed by atoms with Gasteiger partial charge in [0.25, 0.3) is 5.17 Å². The van der Waals surface area contributed by atoms with E-state index in [1.807, 2.05) is 16.1 Å². The number of nitrogens with one attached hydrogen (secondary N) is 2. The summed E-state index contributed by atoms with van der Waals surface area (Å²) in [6, 6.07) is 9.62. The van der Waals surface area contributed by atoms with Crippen LogP contribution in [-0.4, -0.2) is 145 Å². The zero-order chi connectivity index (χ0) is 39.6. The van der Waals surface area contributed by atoms with Crippen LogP contribution in [0.1, 0.15) is 0 Å². The molecular formula is C34H47F2N6NaO9S3. The molecule has 0 aliphatic carbocycles. The van der Waals surface area contributed by atoms with E-state index in [1.165, 1.54) is 40.8 Å². The van der Waals surface area contributed by atoms with E-state index in [0.29, 0.717) is 106 Å². The Kier molecular flexibility index (Phi) is 22.4.